The number of nitrogens with one attached hydrogen (secondary N) is 1. The van der Waals surface area contributed by atoms with Gasteiger partial charge in [-0.25, -0.2) is 4.98 Å². The van der Waals surface area contributed by atoms with Crippen LogP contribution in [0.15, 0.2) is 54.9 Å². The molecule has 2 amide bonds. The average molecular weight is 517 g/mol. The van der Waals surface area contributed by atoms with Crippen LogP contribution in [-0.4, -0.2) is 55.0 Å². The van der Waals surface area contributed by atoms with Gasteiger partial charge in [0.15, 0.2) is 5.65 Å². The molecular weight excluding hydrogens is 488 g/mol. The monoisotopic (exact) mass is 516 g/mol. The first-order chi connectivity index (χ1) is 17.9. The van der Waals surface area contributed by atoms with Gasteiger partial charge >= 0.3 is 0 Å². The molecule has 1 saturated carbocycles. The first kappa shape index (κ1) is 23.7. The summed E-state index contributed by atoms with van der Waals surface area (Å²) in [6.45, 7) is 2.95. The Labute approximate surface area is 220 Å². The molecule has 8 nitrogen and oxygen atoms in total. The first-order valence-corrected chi connectivity index (χ1v) is 13.1. The van der Waals surface area contributed by atoms with Crippen molar-refractivity contribution in [3.8, 4) is 0 Å². The number of fused-ring (bicyclic) bond motifs is 1. The van der Waals surface area contributed by atoms with Gasteiger partial charge in [0.2, 0.25) is 0 Å². The van der Waals surface area contributed by atoms with E-state index in [9.17, 15) is 9.59 Å². The highest BCUT2D eigenvalue weighted by Gasteiger charge is 2.35. The summed E-state index contributed by atoms with van der Waals surface area (Å²) in [6.07, 6.45) is 6.46. The standard InChI is InChI=1S/C28H29ClN6O2/c1-17-14-30-26-22(29)12-20(15-35(17)26)28(37)34-11-10-23(21(16-34)18-6-4-3-5-7-18)31-27(36)25-13-24(19-8-9-19)32-33(25)2/h3-7,12-15,19,21,23H,8-11,16H2,1-2H3,(H,31,36)/t21-,23-/m1/s1. The molecule has 3 aromatic heterocycles. The molecule has 6 rings (SSSR count). The van der Waals surface area contributed by atoms with Crippen molar-refractivity contribution < 1.29 is 9.59 Å². The molecule has 1 aliphatic carbocycles. The number of aryl methyl sites for hydroxylation is 2. The summed E-state index contributed by atoms with van der Waals surface area (Å²) in [5.41, 5.74) is 4.74. The molecule has 9 heteroatoms. The fraction of sp³-hybridized carbons (Fsp3) is 0.357. The third kappa shape index (κ3) is 4.50. The van der Waals surface area contributed by atoms with Gasteiger partial charge in [0.1, 0.15) is 5.69 Å². The molecule has 4 heterocycles. The maximum Gasteiger partial charge on any atom is 0.269 e. The number of piperidine rings is 1. The number of amides is 2. The molecular formula is C28H29ClN6O2. The molecule has 1 aliphatic heterocycles. The van der Waals surface area contributed by atoms with Gasteiger partial charge in [-0.05, 0) is 43.9 Å². The third-order valence-corrected chi connectivity index (χ3v) is 7.84. The van der Waals surface area contributed by atoms with E-state index in [-0.39, 0.29) is 23.8 Å². The van der Waals surface area contributed by atoms with Crippen LogP contribution in [-0.2, 0) is 7.05 Å². The zero-order valence-electron chi connectivity index (χ0n) is 20.9. The molecule has 0 unspecified atom stereocenters. The summed E-state index contributed by atoms with van der Waals surface area (Å²) in [5.74, 6) is 0.231. The van der Waals surface area contributed by atoms with Gasteiger partial charge in [-0.1, -0.05) is 41.9 Å². The van der Waals surface area contributed by atoms with Crippen molar-refractivity contribution in [1.29, 1.82) is 0 Å². The predicted molar refractivity (Wildman–Crippen MR) is 141 cm³/mol. The lowest BCUT2D eigenvalue weighted by Gasteiger charge is -2.39. The van der Waals surface area contributed by atoms with E-state index in [2.05, 4.69) is 27.5 Å². The molecule has 37 heavy (non-hydrogen) atoms. The summed E-state index contributed by atoms with van der Waals surface area (Å²) in [6, 6.07) is 13.6. The Morgan fingerprint density at radius 1 is 1.11 bits per heavy atom. The van der Waals surface area contributed by atoms with E-state index >= 15 is 0 Å². The second kappa shape index (κ2) is 9.34. The van der Waals surface area contributed by atoms with Crippen LogP contribution in [0.2, 0.25) is 5.02 Å². The molecule has 1 aromatic carbocycles. The smallest absolute Gasteiger partial charge is 0.269 e. The molecule has 0 spiro atoms. The van der Waals surface area contributed by atoms with Crippen molar-refractivity contribution in [2.24, 2.45) is 7.05 Å². The number of hydrogen-bond donors (Lipinski definition) is 1. The fourth-order valence-corrected chi connectivity index (χ4v) is 5.59. The van der Waals surface area contributed by atoms with Crippen molar-refractivity contribution in [3.63, 3.8) is 0 Å². The average Bonchev–Trinajstić information content (AvgIpc) is 3.58. The minimum atomic E-state index is -0.125. The van der Waals surface area contributed by atoms with Crippen LogP contribution in [0.25, 0.3) is 5.65 Å². The molecule has 2 fully saturated rings. The SMILES string of the molecule is Cc1cnc2c(Cl)cc(C(=O)N3CC[C@@H](NC(=O)c4cc(C5CC5)nn4C)[C@@H](c4ccccc4)C3)cn12. The molecule has 190 valence electrons. The lowest BCUT2D eigenvalue weighted by molar-refractivity contribution is 0.0670. The molecule has 4 aromatic rings. The number of halogens is 1. The van der Waals surface area contributed by atoms with Crippen molar-refractivity contribution >= 4 is 29.1 Å². The van der Waals surface area contributed by atoms with Crippen molar-refractivity contribution in [2.75, 3.05) is 13.1 Å². The molecule has 1 saturated heterocycles. The number of rotatable bonds is 5. The van der Waals surface area contributed by atoms with Crippen molar-refractivity contribution in [1.82, 2.24) is 29.4 Å². The second-order valence-electron chi connectivity index (χ2n) is 10.2. The van der Waals surface area contributed by atoms with Crippen molar-refractivity contribution in [2.45, 2.75) is 44.1 Å². The van der Waals surface area contributed by atoms with E-state index in [1.807, 2.05) is 47.5 Å². The lowest BCUT2D eigenvalue weighted by atomic mass is 9.85. The number of carbonyl (C=O) groups is 2. The number of carbonyl (C=O) groups excluding carboxylic acids is 2. The Bertz CT molecular complexity index is 1490. The zero-order valence-corrected chi connectivity index (χ0v) is 21.7. The Balaban J connectivity index is 1.25. The molecule has 0 radical (unpaired) electrons. The third-order valence-electron chi connectivity index (χ3n) is 7.56. The van der Waals surface area contributed by atoms with E-state index in [1.54, 1.807) is 23.1 Å². The first-order valence-electron chi connectivity index (χ1n) is 12.7. The number of pyridine rings is 1. The number of likely N-dealkylation sites (tertiary alicyclic amines) is 1. The van der Waals surface area contributed by atoms with Crippen LogP contribution in [0.1, 0.15) is 68.9 Å². The Hall–Kier alpha value is -3.65. The highest BCUT2D eigenvalue weighted by Crippen LogP contribution is 2.39. The minimum Gasteiger partial charge on any atom is -0.347 e. The predicted octanol–water partition coefficient (Wildman–Crippen LogP) is 4.34. The Morgan fingerprint density at radius 3 is 2.65 bits per heavy atom. The summed E-state index contributed by atoms with van der Waals surface area (Å²) >= 11 is 6.45. The Morgan fingerprint density at radius 2 is 1.89 bits per heavy atom. The normalized spacial score (nSPS) is 19.8. The summed E-state index contributed by atoms with van der Waals surface area (Å²) in [4.78, 5) is 33.1. The highest BCUT2D eigenvalue weighted by atomic mass is 35.5. The number of imidazole rings is 1. The highest BCUT2D eigenvalue weighted by molar-refractivity contribution is 6.33. The van der Waals surface area contributed by atoms with Crippen LogP contribution in [0.4, 0.5) is 0 Å². The molecule has 2 aliphatic rings. The Kier molecular flexibility index (Phi) is 5.99. The number of hydrogen-bond acceptors (Lipinski definition) is 4. The number of aromatic nitrogens is 4. The van der Waals surface area contributed by atoms with Crippen LogP contribution >= 0.6 is 11.6 Å². The van der Waals surface area contributed by atoms with E-state index in [4.69, 9.17) is 11.6 Å². The van der Waals surface area contributed by atoms with Crippen LogP contribution in [0, 0.1) is 6.92 Å². The van der Waals surface area contributed by atoms with Gasteiger partial charge in [0.25, 0.3) is 11.8 Å². The summed E-state index contributed by atoms with van der Waals surface area (Å²) in [5, 5.41) is 8.26. The summed E-state index contributed by atoms with van der Waals surface area (Å²) < 4.78 is 3.53. The van der Waals surface area contributed by atoms with Crippen LogP contribution < -0.4 is 5.32 Å². The van der Waals surface area contributed by atoms with Gasteiger partial charge in [-0.3, -0.25) is 14.3 Å². The van der Waals surface area contributed by atoms with Gasteiger partial charge in [0.05, 0.1) is 16.3 Å². The van der Waals surface area contributed by atoms with Gasteiger partial charge in [0, 0.05) is 56.1 Å². The topological polar surface area (TPSA) is 84.5 Å². The molecule has 1 N–H and O–H groups in total. The fourth-order valence-electron chi connectivity index (χ4n) is 5.33. The largest absolute Gasteiger partial charge is 0.347 e. The number of benzene rings is 1. The van der Waals surface area contributed by atoms with E-state index in [0.717, 1.165) is 29.8 Å². The van der Waals surface area contributed by atoms with Gasteiger partial charge in [-0.15, -0.1) is 0 Å². The number of nitrogens with zero attached hydrogens (tertiary/aromatic N) is 5. The van der Waals surface area contributed by atoms with Crippen LogP contribution in [0.5, 0.6) is 0 Å². The van der Waals surface area contributed by atoms with Gasteiger partial charge < -0.3 is 14.6 Å². The van der Waals surface area contributed by atoms with E-state index < -0.39 is 0 Å². The van der Waals surface area contributed by atoms with E-state index in [1.165, 1.54) is 0 Å². The zero-order chi connectivity index (χ0) is 25.7. The van der Waals surface area contributed by atoms with Crippen molar-refractivity contribution in [3.05, 3.63) is 88.1 Å². The molecule has 2 atom stereocenters. The minimum absolute atomic E-state index is 0.0480. The molecule has 0 bridgehead atoms. The lowest BCUT2D eigenvalue weighted by Crippen LogP contribution is -2.51. The maximum atomic E-state index is 13.6. The second-order valence-corrected chi connectivity index (χ2v) is 10.6. The van der Waals surface area contributed by atoms with Gasteiger partial charge in [-0.2, -0.15) is 5.10 Å². The summed E-state index contributed by atoms with van der Waals surface area (Å²) in [7, 11) is 1.82. The van der Waals surface area contributed by atoms with E-state index in [0.29, 0.717) is 47.4 Å². The quantitative estimate of drug-likeness (QED) is 0.428. The van der Waals surface area contributed by atoms with Crippen LogP contribution in [0.3, 0.4) is 0 Å². The maximum absolute atomic E-state index is 13.6.